The minimum atomic E-state index is -4.86. The topological polar surface area (TPSA) is 155 Å². The fourth-order valence-electron chi connectivity index (χ4n) is 2.56. The van der Waals surface area contributed by atoms with E-state index in [1.165, 1.54) is 0 Å². The molecule has 34 heavy (non-hydrogen) atoms. The third-order valence-electron chi connectivity index (χ3n) is 4.14. The van der Waals surface area contributed by atoms with E-state index in [0.29, 0.717) is 12.1 Å². The molecular formula is C18H16ClF3NO10P. The third kappa shape index (κ3) is 6.88. The lowest BCUT2D eigenvalue weighted by atomic mass is 10.1. The summed E-state index contributed by atoms with van der Waals surface area (Å²) in [6.07, 6.45) is -5.89. The molecule has 0 fully saturated rings. The fourth-order valence-corrected chi connectivity index (χ4v) is 3.61. The van der Waals surface area contributed by atoms with E-state index in [4.69, 9.17) is 30.5 Å². The van der Waals surface area contributed by atoms with Crippen molar-refractivity contribution >= 4 is 30.9 Å². The molecule has 2 aromatic carbocycles. The number of ether oxygens (including phenoxy) is 4. The van der Waals surface area contributed by atoms with Gasteiger partial charge in [-0.25, -0.2) is 4.79 Å². The van der Waals surface area contributed by atoms with Gasteiger partial charge in [0, 0.05) is 26.4 Å². The number of hydrogen-bond donors (Lipinski definition) is 2. The molecule has 0 saturated carbocycles. The van der Waals surface area contributed by atoms with Crippen LogP contribution in [0.3, 0.4) is 0 Å². The fraction of sp³-hybridized carbons (Fsp3) is 0.278. The molecule has 0 saturated heterocycles. The van der Waals surface area contributed by atoms with Gasteiger partial charge in [-0.05, 0) is 24.3 Å². The van der Waals surface area contributed by atoms with Crippen LogP contribution >= 0.6 is 19.2 Å². The summed E-state index contributed by atoms with van der Waals surface area (Å²) in [5, 5.41) is 10.9. The van der Waals surface area contributed by atoms with Crippen molar-refractivity contribution in [3.8, 4) is 11.5 Å². The Balaban J connectivity index is 2.43. The Morgan fingerprint density at radius 2 is 1.76 bits per heavy atom. The van der Waals surface area contributed by atoms with Crippen LogP contribution in [0.2, 0.25) is 5.02 Å². The number of methoxy groups -OCH3 is 2. The average Bonchev–Trinajstić information content (AvgIpc) is 2.72. The maximum Gasteiger partial charge on any atom is 0.416 e. The summed E-state index contributed by atoms with van der Waals surface area (Å²) >= 11 is 5.82. The molecule has 0 heterocycles. The summed E-state index contributed by atoms with van der Waals surface area (Å²) in [6, 6.07) is 4.90. The molecular weight excluding hydrogens is 514 g/mol. The molecule has 0 spiro atoms. The monoisotopic (exact) mass is 529 g/mol. The highest BCUT2D eigenvalue weighted by Gasteiger charge is 2.43. The van der Waals surface area contributed by atoms with Gasteiger partial charge in [-0.2, -0.15) is 13.2 Å². The second-order valence-corrected chi connectivity index (χ2v) is 8.54. The summed E-state index contributed by atoms with van der Waals surface area (Å²) in [5.41, 5.74) is -2.57. The highest BCUT2D eigenvalue weighted by atomic mass is 35.5. The molecule has 186 valence electrons. The second-order valence-electron chi connectivity index (χ2n) is 6.48. The molecule has 11 nitrogen and oxygen atoms in total. The highest BCUT2D eigenvalue weighted by molar-refractivity contribution is 7.51. The molecule has 0 radical (unpaired) electrons. The van der Waals surface area contributed by atoms with Gasteiger partial charge in [0.25, 0.3) is 5.69 Å². The molecule has 0 aromatic heterocycles. The van der Waals surface area contributed by atoms with Crippen molar-refractivity contribution in [2.45, 2.75) is 12.1 Å². The average molecular weight is 530 g/mol. The summed E-state index contributed by atoms with van der Waals surface area (Å²) < 4.78 is 69.5. The summed E-state index contributed by atoms with van der Waals surface area (Å²) in [5.74, 6) is -4.58. The molecule has 2 aromatic rings. The van der Waals surface area contributed by atoms with Gasteiger partial charge in [0.1, 0.15) is 23.2 Å². The zero-order valence-electron chi connectivity index (χ0n) is 17.2. The van der Waals surface area contributed by atoms with E-state index < -0.39 is 58.6 Å². The van der Waals surface area contributed by atoms with Crippen LogP contribution in [0.5, 0.6) is 11.5 Å². The first-order valence-corrected chi connectivity index (χ1v) is 11.0. The van der Waals surface area contributed by atoms with Crippen molar-refractivity contribution in [2.24, 2.45) is 0 Å². The quantitative estimate of drug-likeness (QED) is 0.157. The van der Waals surface area contributed by atoms with Crippen LogP contribution in [-0.4, -0.2) is 47.0 Å². The van der Waals surface area contributed by atoms with Crippen LogP contribution in [-0.2, 0) is 25.0 Å². The Kier molecular flexibility index (Phi) is 8.30. The molecule has 0 unspecified atom stereocenters. The van der Waals surface area contributed by atoms with E-state index in [9.17, 15) is 42.4 Å². The molecule has 16 heteroatoms. The first-order valence-electron chi connectivity index (χ1n) is 8.82. The number of nitrogens with zero attached hydrogens (tertiary/aromatic N) is 1. The maximum atomic E-state index is 12.8. The van der Waals surface area contributed by atoms with Gasteiger partial charge in [-0.1, -0.05) is 11.6 Å². The van der Waals surface area contributed by atoms with Crippen LogP contribution in [0, 0.1) is 10.1 Å². The Hall–Kier alpha value is -2.74. The number of nitro benzene ring substituents is 1. The number of esters is 1. The van der Waals surface area contributed by atoms with Crippen molar-refractivity contribution in [1.82, 2.24) is 0 Å². The van der Waals surface area contributed by atoms with E-state index in [2.05, 4.69) is 0 Å². The largest absolute Gasteiger partial charge is 0.456 e. The zero-order valence-corrected chi connectivity index (χ0v) is 18.9. The Morgan fingerprint density at radius 1 is 1.15 bits per heavy atom. The lowest BCUT2D eigenvalue weighted by molar-refractivity contribution is -0.385. The van der Waals surface area contributed by atoms with Gasteiger partial charge in [0.2, 0.25) is 0 Å². The van der Waals surface area contributed by atoms with Crippen molar-refractivity contribution in [3.63, 3.8) is 0 Å². The number of nitro groups is 1. The van der Waals surface area contributed by atoms with E-state index in [0.717, 1.165) is 38.5 Å². The smallest absolute Gasteiger partial charge is 0.416 e. The normalized spacial score (nSPS) is 12.4. The van der Waals surface area contributed by atoms with Gasteiger partial charge in [0.15, 0.2) is 0 Å². The molecule has 0 aliphatic carbocycles. The number of carbonyl (C=O) groups excluding carboxylic acids is 1. The molecule has 0 aliphatic rings. The van der Waals surface area contributed by atoms with Gasteiger partial charge < -0.3 is 28.7 Å². The standard InChI is InChI=1S/C18H16ClF3NO10P/c1-30-17(31-2,9-34(27,28)29)33-16(24)12-8-11(4-5-14(12)23(25)26)32-15-6-3-10(7-13(15)19)18(20,21)22/h3-8H,9H2,1-2H3,(H2,27,28,29). The van der Waals surface area contributed by atoms with Gasteiger partial charge >= 0.3 is 25.7 Å². The van der Waals surface area contributed by atoms with E-state index in [-0.39, 0.29) is 11.5 Å². The first kappa shape index (κ1) is 27.5. The van der Waals surface area contributed by atoms with E-state index in [1.807, 2.05) is 0 Å². The van der Waals surface area contributed by atoms with E-state index in [1.54, 1.807) is 0 Å². The Morgan fingerprint density at radius 3 is 2.24 bits per heavy atom. The van der Waals surface area contributed by atoms with Crippen LogP contribution < -0.4 is 4.74 Å². The first-order chi connectivity index (χ1) is 15.6. The molecule has 0 aliphatic heterocycles. The van der Waals surface area contributed by atoms with Crippen LogP contribution in [0.25, 0.3) is 0 Å². The van der Waals surface area contributed by atoms with Crippen LogP contribution in [0.4, 0.5) is 18.9 Å². The highest BCUT2D eigenvalue weighted by Crippen LogP contribution is 2.41. The molecule has 0 amide bonds. The lowest BCUT2D eigenvalue weighted by Crippen LogP contribution is -2.42. The summed E-state index contributed by atoms with van der Waals surface area (Å²) in [4.78, 5) is 41.5. The van der Waals surface area contributed by atoms with Crippen molar-refractivity contribution < 1.29 is 56.2 Å². The summed E-state index contributed by atoms with van der Waals surface area (Å²) in [7, 11) is -3.04. The maximum absolute atomic E-state index is 12.8. The number of rotatable bonds is 9. The number of benzene rings is 2. The minimum absolute atomic E-state index is 0.255. The SMILES string of the molecule is COC(CP(=O)(O)O)(OC)OC(=O)c1cc(Oc2ccc(C(F)(F)F)cc2Cl)ccc1[N+](=O)[O-]. The van der Waals surface area contributed by atoms with Crippen LogP contribution in [0.15, 0.2) is 36.4 Å². The van der Waals surface area contributed by atoms with Crippen molar-refractivity contribution in [2.75, 3.05) is 20.4 Å². The number of hydrogen-bond acceptors (Lipinski definition) is 8. The van der Waals surface area contributed by atoms with Crippen molar-refractivity contribution in [3.05, 3.63) is 62.7 Å². The predicted octanol–water partition coefficient (Wildman–Crippen LogP) is 4.34. The molecule has 0 atom stereocenters. The second kappa shape index (κ2) is 10.3. The summed E-state index contributed by atoms with van der Waals surface area (Å²) in [6.45, 7) is 0. The molecule has 2 rings (SSSR count). The number of halogens is 4. The lowest BCUT2D eigenvalue weighted by Gasteiger charge is -2.29. The molecule has 2 N–H and O–H groups in total. The molecule has 0 bridgehead atoms. The number of alkyl halides is 3. The van der Waals surface area contributed by atoms with Gasteiger partial charge in [0.05, 0.1) is 15.5 Å². The minimum Gasteiger partial charge on any atom is -0.456 e. The van der Waals surface area contributed by atoms with Crippen LogP contribution in [0.1, 0.15) is 15.9 Å². The van der Waals surface area contributed by atoms with Crippen molar-refractivity contribution in [1.29, 1.82) is 0 Å². The number of carbonyl (C=O) groups is 1. The Labute approximate surface area is 194 Å². The zero-order chi connectivity index (χ0) is 25.9. The van der Waals surface area contributed by atoms with Gasteiger partial charge in [-0.3, -0.25) is 14.7 Å². The third-order valence-corrected chi connectivity index (χ3v) is 5.24. The van der Waals surface area contributed by atoms with E-state index >= 15 is 0 Å². The Bertz CT molecular complexity index is 1130. The van der Waals surface area contributed by atoms with Gasteiger partial charge in [-0.15, -0.1) is 0 Å². The predicted molar refractivity (Wildman–Crippen MR) is 109 cm³/mol.